The van der Waals surface area contributed by atoms with Crippen molar-refractivity contribution in [3.63, 3.8) is 0 Å². The summed E-state index contributed by atoms with van der Waals surface area (Å²) in [7, 11) is 0. The summed E-state index contributed by atoms with van der Waals surface area (Å²) in [5, 5.41) is 22.9. The van der Waals surface area contributed by atoms with Crippen molar-refractivity contribution in [2.24, 2.45) is 10.8 Å². The van der Waals surface area contributed by atoms with Crippen molar-refractivity contribution in [3.05, 3.63) is 81.7 Å². The van der Waals surface area contributed by atoms with Gasteiger partial charge in [0.2, 0.25) is 0 Å². The normalized spacial score (nSPS) is 18.0. The Bertz CT molecular complexity index is 1510. The fraction of sp³-hybridized carbons (Fsp3) is 0.375. The first-order chi connectivity index (χ1) is 19.5. The van der Waals surface area contributed by atoms with E-state index in [-0.39, 0.29) is 24.8 Å². The maximum Gasteiger partial charge on any atom is 0.304 e. The first-order valence-corrected chi connectivity index (χ1v) is 13.8. The molecule has 5 N–H and O–H groups in total. The summed E-state index contributed by atoms with van der Waals surface area (Å²) < 4.78 is 27.3. The zero-order chi connectivity index (χ0) is 29.5. The van der Waals surface area contributed by atoms with Gasteiger partial charge in [-0.15, -0.1) is 0 Å². The number of aliphatic hydroxyl groups is 1. The number of nitrogens with one attached hydrogen (secondary N) is 1. The van der Waals surface area contributed by atoms with Crippen molar-refractivity contribution in [3.8, 4) is 22.6 Å². The van der Waals surface area contributed by atoms with Crippen LogP contribution in [0.15, 0.2) is 47.6 Å². The molecule has 3 aromatic carbocycles. The summed E-state index contributed by atoms with van der Waals surface area (Å²) in [6, 6.07) is 12.7. The summed E-state index contributed by atoms with van der Waals surface area (Å²) in [6.07, 6.45) is 0.850. The number of halogens is 1. The number of nitrogens with zero attached hydrogens (tertiary/aromatic N) is 1. The number of carbonyl (C=O) groups is 1. The highest BCUT2D eigenvalue weighted by Gasteiger charge is 2.32. The van der Waals surface area contributed by atoms with Gasteiger partial charge >= 0.3 is 5.97 Å². The van der Waals surface area contributed by atoms with Crippen LogP contribution in [0.2, 0.25) is 0 Å². The fourth-order valence-electron chi connectivity index (χ4n) is 5.75. The Morgan fingerprint density at radius 1 is 1.20 bits per heavy atom. The molecule has 5 rings (SSSR count). The highest BCUT2D eigenvalue weighted by molar-refractivity contribution is 5.98. The van der Waals surface area contributed by atoms with E-state index in [1.54, 1.807) is 12.1 Å². The Morgan fingerprint density at radius 3 is 2.61 bits per heavy atom. The number of hydrogen-bond donors (Lipinski definition) is 4. The van der Waals surface area contributed by atoms with E-state index in [1.807, 2.05) is 52.0 Å². The van der Waals surface area contributed by atoms with Crippen LogP contribution in [0.1, 0.15) is 72.1 Å². The Morgan fingerprint density at radius 2 is 1.93 bits per heavy atom. The lowest BCUT2D eigenvalue weighted by Crippen LogP contribution is -2.40. The van der Waals surface area contributed by atoms with Crippen LogP contribution in [0, 0.1) is 19.7 Å². The van der Waals surface area contributed by atoms with Gasteiger partial charge in [0.15, 0.2) is 5.84 Å². The van der Waals surface area contributed by atoms with Crippen molar-refractivity contribution in [2.75, 3.05) is 13.2 Å². The van der Waals surface area contributed by atoms with Crippen LogP contribution in [0.4, 0.5) is 4.39 Å². The second kappa shape index (κ2) is 11.0. The number of aliphatic carboxylic acids is 1. The average Bonchev–Trinajstić information content (AvgIpc) is 3.52. The second-order valence-corrected chi connectivity index (χ2v) is 11.6. The summed E-state index contributed by atoms with van der Waals surface area (Å²) in [4.78, 5) is 11.2. The van der Waals surface area contributed by atoms with Gasteiger partial charge in [0, 0.05) is 28.7 Å². The maximum atomic E-state index is 15.3. The lowest BCUT2D eigenvalue weighted by atomic mass is 9.89. The zero-order valence-corrected chi connectivity index (χ0v) is 23.8. The number of fused-ring (bicyclic) bond motifs is 2. The number of hydrazone groups is 1. The first-order valence-electron chi connectivity index (χ1n) is 13.8. The van der Waals surface area contributed by atoms with Crippen LogP contribution in [0.3, 0.4) is 0 Å². The number of hydrogen-bond acceptors (Lipinski definition) is 6. The molecule has 0 saturated carbocycles. The SMILES string of the molecule is Cc1cc(/C(N)=N/NC(C)(C)CO)cc(C)c1-c1ccc(F)c2c1CC[C@H]2Oc1ccc2c(c1)OC[C@H]2CC(=O)O. The number of carboxylic acid groups (broad SMARTS) is 1. The predicted molar refractivity (Wildman–Crippen MR) is 155 cm³/mol. The first kappa shape index (κ1) is 28.4. The molecule has 0 radical (unpaired) electrons. The van der Waals surface area contributed by atoms with Crippen LogP contribution in [-0.4, -0.2) is 40.8 Å². The van der Waals surface area contributed by atoms with Crippen molar-refractivity contribution < 1.29 is 28.9 Å². The number of ether oxygens (including phenoxy) is 2. The van der Waals surface area contributed by atoms with Crippen LogP contribution >= 0.6 is 0 Å². The molecule has 1 heterocycles. The maximum absolute atomic E-state index is 15.3. The number of aryl methyl sites for hydroxylation is 2. The van der Waals surface area contributed by atoms with E-state index < -0.39 is 17.6 Å². The smallest absolute Gasteiger partial charge is 0.304 e. The summed E-state index contributed by atoms with van der Waals surface area (Å²) >= 11 is 0. The quantitative estimate of drug-likeness (QED) is 0.163. The van der Waals surface area contributed by atoms with Crippen molar-refractivity contribution in [1.29, 1.82) is 0 Å². The number of benzene rings is 3. The minimum absolute atomic E-state index is 0.00911. The molecular formula is C32H36FN3O5. The third-order valence-corrected chi connectivity index (χ3v) is 7.82. The van der Waals surface area contributed by atoms with Crippen LogP contribution in [-0.2, 0) is 11.2 Å². The Labute approximate surface area is 239 Å². The summed E-state index contributed by atoms with van der Waals surface area (Å²) in [6.45, 7) is 7.89. The third-order valence-electron chi connectivity index (χ3n) is 7.82. The average molecular weight is 562 g/mol. The molecule has 0 unspecified atom stereocenters. The van der Waals surface area contributed by atoms with E-state index in [4.69, 9.17) is 20.3 Å². The van der Waals surface area contributed by atoms with Crippen LogP contribution in [0.5, 0.6) is 11.5 Å². The largest absolute Gasteiger partial charge is 0.492 e. The van der Waals surface area contributed by atoms with E-state index in [2.05, 4.69) is 10.5 Å². The molecule has 1 aliphatic heterocycles. The Kier molecular flexibility index (Phi) is 7.66. The number of aliphatic hydroxyl groups excluding tert-OH is 1. The molecule has 1 aliphatic carbocycles. The van der Waals surface area contributed by atoms with Crippen LogP contribution < -0.4 is 20.6 Å². The number of carboxylic acids is 1. The zero-order valence-electron chi connectivity index (χ0n) is 23.8. The Balaban J connectivity index is 1.42. The topological polar surface area (TPSA) is 126 Å². The molecule has 9 heteroatoms. The Hall–Kier alpha value is -4.11. The molecule has 0 amide bonds. The van der Waals surface area contributed by atoms with Gasteiger partial charge in [-0.05, 0) is 92.6 Å². The molecule has 0 saturated heterocycles. The van der Waals surface area contributed by atoms with Gasteiger partial charge in [-0.1, -0.05) is 12.1 Å². The monoisotopic (exact) mass is 561 g/mol. The lowest BCUT2D eigenvalue weighted by molar-refractivity contribution is -0.137. The molecule has 2 atom stereocenters. The number of nitrogens with two attached hydrogens (primary N) is 1. The van der Waals surface area contributed by atoms with Gasteiger partial charge in [0.1, 0.15) is 23.4 Å². The standard InChI is InChI=1S/C32H36FN3O5/c1-17-11-19(31(34)35-36-32(3,4)16-37)12-18(2)29(17)23-7-9-25(33)30-24(23)8-10-26(30)41-21-5-6-22-20(13-28(38)39)15-40-27(22)14-21/h5-7,9,11-12,14,20,26,36-37H,8,10,13,15-16H2,1-4H3,(H2,34,35)(H,38,39)/t20-,26-/m1/s1. The second-order valence-electron chi connectivity index (χ2n) is 11.6. The van der Waals surface area contributed by atoms with Crippen molar-refractivity contribution in [2.45, 2.75) is 64.5 Å². The summed E-state index contributed by atoms with van der Waals surface area (Å²) in [5.41, 5.74) is 15.6. The summed E-state index contributed by atoms with van der Waals surface area (Å²) in [5.74, 6) is 0.140. The minimum Gasteiger partial charge on any atom is -0.492 e. The van der Waals surface area contributed by atoms with Gasteiger partial charge in [-0.3, -0.25) is 4.79 Å². The highest BCUT2D eigenvalue weighted by atomic mass is 19.1. The van der Waals surface area contributed by atoms with Gasteiger partial charge in [0.05, 0.1) is 25.2 Å². The van der Waals surface area contributed by atoms with Gasteiger partial charge in [-0.2, -0.15) is 5.10 Å². The molecule has 3 aromatic rings. The van der Waals surface area contributed by atoms with Gasteiger partial charge in [-0.25, -0.2) is 4.39 Å². The third kappa shape index (κ3) is 5.72. The van der Waals surface area contributed by atoms with E-state index in [0.717, 1.165) is 38.9 Å². The lowest BCUT2D eigenvalue weighted by Gasteiger charge is -2.21. The highest BCUT2D eigenvalue weighted by Crippen LogP contribution is 2.45. The molecule has 8 nitrogen and oxygen atoms in total. The van der Waals surface area contributed by atoms with E-state index in [9.17, 15) is 9.90 Å². The molecule has 0 fully saturated rings. The van der Waals surface area contributed by atoms with Crippen molar-refractivity contribution in [1.82, 2.24) is 5.43 Å². The molecule has 0 bridgehead atoms. The molecular weight excluding hydrogens is 525 g/mol. The predicted octanol–water partition coefficient (Wildman–Crippen LogP) is 5.11. The molecule has 2 aliphatic rings. The van der Waals surface area contributed by atoms with Gasteiger partial charge < -0.3 is 30.8 Å². The minimum atomic E-state index is -0.864. The van der Waals surface area contributed by atoms with E-state index in [0.29, 0.717) is 42.3 Å². The van der Waals surface area contributed by atoms with E-state index in [1.165, 1.54) is 6.07 Å². The number of rotatable bonds is 9. The van der Waals surface area contributed by atoms with Gasteiger partial charge in [0.25, 0.3) is 0 Å². The van der Waals surface area contributed by atoms with Crippen molar-refractivity contribution >= 4 is 11.8 Å². The molecule has 41 heavy (non-hydrogen) atoms. The molecule has 0 aromatic heterocycles. The molecule has 216 valence electrons. The fourth-order valence-corrected chi connectivity index (χ4v) is 5.75. The molecule has 0 spiro atoms. The van der Waals surface area contributed by atoms with E-state index >= 15 is 4.39 Å². The number of amidine groups is 1. The van der Waals surface area contributed by atoms with Crippen LogP contribution in [0.25, 0.3) is 11.1 Å².